The molecule has 3 nitrogen and oxygen atoms in total. The van der Waals surface area contributed by atoms with Crippen LogP contribution < -0.4 is 0 Å². The average molecular weight is 287 g/mol. The highest BCUT2D eigenvalue weighted by Crippen LogP contribution is 2.32. The molecule has 3 rings (SSSR count). The predicted octanol–water partition coefficient (Wildman–Crippen LogP) is 4.15. The summed E-state index contributed by atoms with van der Waals surface area (Å²) in [6.45, 7) is 2.14. The van der Waals surface area contributed by atoms with Crippen LogP contribution in [-0.4, -0.2) is 14.5 Å². The lowest BCUT2D eigenvalue weighted by Crippen LogP contribution is -2.05. The molecular formula is C15H14FN3S. The Balaban J connectivity index is 1.91. The summed E-state index contributed by atoms with van der Waals surface area (Å²) >= 11 is 1.64. The van der Waals surface area contributed by atoms with Crippen molar-refractivity contribution in [1.29, 1.82) is 0 Å². The van der Waals surface area contributed by atoms with Crippen molar-refractivity contribution in [3.05, 3.63) is 59.9 Å². The first-order valence-electron chi connectivity index (χ1n) is 6.47. The van der Waals surface area contributed by atoms with Gasteiger partial charge in [-0.25, -0.2) is 14.4 Å². The molecule has 0 spiro atoms. The summed E-state index contributed by atoms with van der Waals surface area (Å²) in [5.41, 5.74) is 0.947. The number of rotatable bonds is 4. The standard InChI is InChI=1S/C15H14FN3S/c1-2-13(19-8-7-17-10-19)14-9-18-15(20-14)11-3-5-12(16)6-4-11/h3-10,13H,2H2,1H3. The molecule has 5 heteroatoms. The summed E-state index contributed by atoms with van der Waals surface area (Å²) < 4.78 is 15.0. The number of imidazole rings is 1. The largest absolute Gasteiger partial charge is 0.329 e. The predicted molar refractivity (Wildman–Crippen MR) is 78.2 cm³/mol. The first-order chi connectivity index (χ1) is 9.78. The van der Waals surface area contributed by atoms with E-state index in [1.165, 1.54) is 17.0 Å². The second kappa shape index (κ2) is 5.54. The SMILES string of the molecule is CCC(c1cnc(-c2ccc(F)cc2)s1)n1ccnc1. The van der Waals surface area contributed by atoms with Crippen LogP contribution in [0.5, 0.6) is 0 Å². The molecular weight excluding hydrogens is 273 g/mol. The minimum absolute atomic E-state index is 0.227. The zero-order valence-corrected chi connectivity index (χ0v) is 11.8. The van der Waals surface area contributed by atoms with Gasteiger partial charge in [0.15, 0.2) is 0 Å². The summed E-state index contributed by atoms with van der Waals surface area (Å²) in [6, 6.07) is 6.70. The van der Waals surface area contributed by atoms with Crippen molar-refractivity contribution in [3.63, 3.8) is 0 Å². The van der Waals surface area contributed by atoms with E-state index in [0.717, 1.165) is 17.0 Å². The Morgan fingerprint density at radius 3 is 2.75 bits per heavy atom. The van der Waals surface area contributed by atoms with Crippen LogP contribution in [0.3, 0.4) is 0 Å². The van der Waals surface area contributed by atoms with Gasteiger partial charge in [0, 0.05) is 29.0 Å². The van der Waals surface area contributed by atoms with E-state index in [1.807, 2.05) is 18.7 Å². The Labute approximate surface area is 120 Å². The highest BCUT2D eigenvalue weighted by Gasteiger charge is 2.15. The minimum Gasteiger partial charge on any atom is -0.329 e. The van der Waals surface area contributed by atoms with E-state index < -0.39 is 0 Å². The molecule has 1 aromatic carbocycles. The molecule has 0 aliphatic heterocycles. The van der Waals surface area contributed by atoms with Gasteiger partial charge in [0.25, 0.3) is 0 Å². The Hall–Kier alpha value is -2.01. The van der Waals surface area contributed by atoms with E-state index in [4.69, 9.17) is 0 Å². The molecule has 102 valence electrons. The van der Waals surface area contributed by atoms with Gasteiger partial charge in [0.2, 0.25) is 0 Å². The van der Waals surface area contributed by atoms with Crippen LogP contribution in [0.2, 0.25) is 0 Å². The van der Waals surface area contributed by atoms with Crippen molar-refractivity contribution < 1.29 is 4.39 Å². The highest BCUT2D eigenvalue weighted by molar-refractivity contribution is 7.15. The maximum absolute atomic E-state index is 12.9. The molecule has 3 aromatic rings. The summed E-state index contributed by atoms with van der Waals surface area (Å²) in [5.74, 6) is -0.227. The third-order valence-corrected chi connectivity index (χ3v) is 4.36. The zero-order chi connectivity index (χ0) is 13.9. The maximum atomic E-state index is 12.9. The van der Waals surface area contributed by atoms with Crippen molar-refractivity contribution in [2.24, 2.45) is 0 Å². The van der Waals surface area contributed by atoms with E-state index in [2.05, 4.69) is 21.5 Å². The number of nitrogens with zero attached hydrogens (tertiary/aromatic N) is 3. The van der Waals surface area contributed by atoms with Gasteiger partial charge in [-0.3, -0.25) is 0 Å². The maximum Gasteiger partial charge on any atom is 0.123 e. The van der Waals surface area contributed by atoms with Crippen LogP contribution in [0.1, 0.15) is 24.3 Å². The van der Waals surface area contributed by atoms with Crippen LogP contribution in [0.4, 0.5) is 4.39 Å². The van der Waals surface area contributed by atoms with Crippen molar-refractivity contribution in [1.82, 2.24) is 14.5 Å². The van der Waals surface area contributed by atoms with Crippen LogP contribution in [0.15, 0.2) is 49.2 Å². The first-order valence-corrected chi connectivity index (χ1v) is 7.28. The molecule has 0 aliphatic carbocycles. The van der Waals surface area contributed by atoms with E-state index in [0.29, 0.717) is 0 Å². The molecule has 0 aliphatic rings. The van der Waals surface area contributed by atoms with Gasteiger partial charge in [0.1, 0.15) is 10.8 Å². The van der Waals surface area contributed by atoms with Gasteiger partial charge in [-0.05, 0) is 30.7 Å². The van der Waals surface area contributed by atoms with Gasteiger partial charge in [-0.1, -0.05) is 6.92 Å². The van der Waals surface area contributed by atoms with Gasteiger partial charge >= 0.3 is 0 Å². The quantitative estimate of drug-likeness (QED) is 0.722. The third kappa shape index (κ3) is 2.49. The topological polar surface area (TPSA) is 30.7 Å². The lowest BCUT2D eigenvalue weighted by atomic mass is 10.2. The van der Waals surface area contributed by atoms with Crippen molar-refractivity contribution in [3.8, 4) is 10.6 Å². The molecule has 0 fully saturated rings. The summed E-state index contributed by atoms with van der Waals surface area (Å²) in [4.78, 5) is 9.74. The van der Waals surface area contributed by atoms with E-state index >= 15 is 0 Å². The Kier molecular flexibility index (Phi) is 3.60. The first kappa shape index (κ1) is 13.0. The number of hydrogen-bond donors (Lipinski definition) is 0. The lowest BCUT2D eigenvalue weighted by Gasteiger charge is -2.13. The molecule has 0 amide bonds. The molecule has 20 heavy (non-hydrogen) atoms. The number of aromatic nitrogens is 3. The minimum atomic E-state index is -0.227. The highest BCUT2D eigenvalue weighted by atomic mass is 32.1. The lowest BCUT2D eigenvalue weighted by molar-refractivity contribution is 0.574. The molecule has 2 aromatic heterocycles. The average Bonchev–Trinajstić information content (AvgIpc) is 3.12. The fraction of sp³-hybridized carbons (Fsp3) is 0.200. The fourth-order valence-electron chi connectivity index (χ4n) is 2.18. The van der Waals surface area contributed by atoms with Crippen LogP contribution in [0.25, 0.3) is 10.6 Å². The van der Waals surface area contributed by atoms with Gasteiger partial charge in [-0.2, -0.15) is 0 Å². The molecule has 0 radical (unpaired) electrons. The summed E-state index contributed by atoms with van der Waals surface area (Å²) in [5, 5.41) is 0.915. The fourth-order valence-corrected chi connectivity index (χ4v) is 3.29. The van der Waals surface area contributed by atoms with E-state index in [9.17, 15) is 4.39 Å². The van der Waals surface area contributed by atoms with Gasteiger partial charge in [0.05, 0.1) is 12.4 Å². The van der Waals surface area contributed by atoms with Crippen molar-refractivity contribution in [2.75, 3.05) is 0 Å². The van der Waals surface area contributed by atoms with Crippen LogP contribution >= 0.6 is 11.3 Å². The number of thiazole rings is 1. The van der Waals surface area contributed by atoms with Crippen molar-refractivity contribution >= 4 is 11.3 Å². The second-order valence-electron chi connectivity index (χ2n) is 4.51. The Morgan fingerprint density at radius 1 is 1.30 bits per heavy atom. The second-order valence-corrected chi connectivity index (χ2v) is 5.57. The molecule has 0 bridgehead atoms. The number of halogens is 1. The van der Waals surface area contributed by atoms with Crippen LogP contribution in [-0.2, 0) is 0 Å². The smallest absolute Gasteiger partial charge is 0.123 e. The monoisotopic (exact) mass is 287 g/mol. The molecule has 2 heterocycles. The Bertz CT molecular complexity index is 673. The van der Waals surface area contributed by atoms with E-state index in [1.54, 1.807) is 29.7 Å². The third-order valence-electron chi connectivity index (χ3n) is 3.21. The van der Waals surface area contributed by atoms with Crippen LogP contribution in [0, 0.1) is 5.82 Å². The normalized spacial score (nSPS) is 12.5. The number of hydrogen-bond acceptors (Lipinski definition) is 3. The summed E-state index contributed by atoms with van der Waals surface area (Å²) in [7, 11) is 0. The zero-order valence-electron chi connectivity index (χ0n) is 11.0. The molecule has 0 saturated carbocycles. The van der Waals surface area contributed by atoms with E-state index in [-0.39, 0.29) is 11.9 Å². The Morgan fingerprint density at radius 2 is 2.10 bits per heavy atom. The molecule has 0 N–H and O–H groups in total. The molecule has 1 atom stereocenters. The molecule has 1 unspecified atom stereocenters. The summed E-state index contributed by atoms with van der Waals surface area (Å²) in [6.07, 6.45) is 8.44. The van der Waals surface area contributed by atoms with Gasteiger partial charge < -0.3 is 4.57 Å². The number of benzene rings is 1. The van der Waals surface area contributed by atoms with Gasteiger partial charge in [-0.15, -0.1) is 11.3 Å². The van der Waals surface area contributed by atoms with Crippen molar-refractivity contribution in [2.45, 2.75) is 19.4 Å². The molecule has 0 saturated heterocycles.